The van der Waals surface area contributed by atoms with Gasteiger partial charge < -0.3 is 14.5 Å². The third kappa shape index (κ3) is 3.94. The standard InChI is InChI=1S/C16H23FN2O2/c1-3-14(21-15-8-6-5-7-13(15)17)16(20)19-11-9-18(4-2)10-12-19/h5-8,14H,3-4,9-12H2,1-2H3/p+1/t14-/m1/s1. The predicted molar refractivity (Wildman–Crippen MR) is 78.9 cm³/mol. The van der Waals surface area contributed by atoms with Gasteiger partial charge >= 0.3 is 0 Å². The van der Waals surface area contributed by atoms with Crippen LogP contribution in [0.2, 0.25) is 0 Å². The fourth-order valence-electron chi connectivity index (χ4n) is 2.60. The topological polar surface area (TPSA) is 34.0 Å². The summed E-state index contributed by atoms with van der Waals surface area (Å²) in [5.41, 5.74) is 0. The normalized spacial score (nSPS) is 17.6. The number of para-hydroxylation sites is 1. The molecule has 4 nitrogen and oxygen atoms in total. The number of carbonyl (C=O) groups is 1. The van der Waals surface area contributed by atoms with Crippen LogP contribution in [-0.4, -0.2) is 49.6 Å². The zero-order valence-corrected chi connectivity index (χ0v) is 12.8. The van der Waals surface area contributed by atoms with Crippen molar-refractivity contribution in [1.82, 2.24) is 4.90 Å². The van der Waals surface area contributed by atoms with Gasteiger partial charge in [-0.25, -0.2) is 4.39 Å². The highest BCUT2D eigenvalue weighted by molar-refractivity contribution is 5.81. The number of nitrogens with one attached hydrogen (secondary N) is 1. The van der Waals surface area contributed by atoms with Crippen LogP contribution in [0.25, 0.3) is 0 Å². The third-order valence-corrected chi connectivity index (χ3v) is 4.03. The number of nitrogens with zero attached hydrogens (tertiary/aromatic N) is 1. The quantitative estimate of drug-likeness (QED) is 0.869. The first kappa shape index (κ1) is 15.8. The van der Waals surface area contributed by atoms with E-state index >= 15 is 0 Å². The summed E-state index contributed by atoms with van der Waals surface area (Å²) in [6, 6.07) is 6.22. The molecule has 21 heavy (non-hydrogen) atoms. The zero-order chi connectivity index (χ0) is 15.2. The van der Waals surface area contributed by atoms with Gasteiger partial charge in [-0.05, 0) is 25.5 Å². The second-order valence-electron chi connectivity index (χ2n) is 5.37. The van der Waals surface area contributed by atoms with E-state index in [2.05, 4.69) is 6.92 Å². The van der Waals surface area contributed by atoms with Crippen LogP contribution in [0, 0.1) is 5.82 Å². The number of amides is 1. The van der Waals surface area contributed by atoms with E-state index in [1.807, 2.05) is 11.8 Å². The van der Waals surface area contributed by atoms with Crippen LogP contribution >= 0.6 is 0 Å². The Morgan fingerprint density at radius 1 is 1.33 bits per heavy atom. The number of piperazine rings is 1. The third-order valence-electron chi connectivity index (χ3n) is 4.03. The highest BCUT2D eigenvalue weighted by atomic mass is 19.1. The highest BCUT2D eigenvalue weighted by Crippen LogP contribution is 2.19. The lowest BCUT2D eigenvalue weighted by Crippen LogP contribution is -3.14. The maximum absolute atomic E-state index is 13.6. The van der Waals surface area contributed by atoms with Crippen molar-refractivity contribution >= 4 is 5.91 Å². The molecule has 1 aliphatic heterocycles. The molecular formula is C16H24FN2O2+. The molecule has 5 heteroatoms. The van der Waals surface area contributed by atoms with Gasteiger partial charge in [-0.15, -0.1) is 0 Å². The van der Waals surface area contributed by atoms with E-state index in [0.717, 1.165) is 32.7 Å². The van der Waals surface area contributed by atoms with Crippen molar-refractivity contribution in [1.29, 1.82) is 0 Å². The molecule has 0 saturated carbocycles. The molecule has 1 aromatic carbocycles. The maximum atomic E-state index is 13.6. The van der Waals surface area contributed by atoms with Crippen LogP contribution in [-0.2, 0) is 4.79 Å². The molecule has 1 heterocycles. The van der Waals surface area contributed by atoms with Crippen LogP contribution in [0.15, 0.2) is 24.3 Å². The second-order valence-corrected chi connectivity index (χ2v) is 5.37. The molecular weight excluding hydrogens is 271 g/mol. The molecule has 1 fully saturated rings. The average molecular weight is 295 g/mol. The van der Waals surface area contributed by atoms with E-state index in [9.17, 15) is 9.18 Å². The Labute approximate surface area is 125 Å². The Hall–Kier alpha value is -1.62. The summed E-state index contributed by atoms with van der Waals surface area (Å²) in [4.78, 5) is 15.9. The molecule has 0 aliphatic carbocycles. The number of carbonyl (C=O) groups excluding carboxylic acids is 1. The molecule has 2 rings (SSSR count). The summed E-state index contributed by atoms with van der Waals surface area (Å²) in [5, 5.41) is 0. The smallest absolute Gasteiger partial charge is 0.264 e. The van der Waals surface area contributed by atoms with E-state index in [1.54, 1.807) is 18.2 Å². The number of ether oxygens (including phenoxy) is 1. The van der Waals surface area contributed by atoms with Gasteiger partial charge in [0.2, 0.25) is 0 Å². The molecule has 0 bridgehead atoms. The van der Waals surface area contributed by atoms with Crippen LogP contribution in [0.4, 0.5) is 4.39 Å². The summed E-state index contributed by atoms with van der Waals surface area (Å²) < 4.78 is 19.2. The minimum Gasteiger partial charge on any atom is -0.478 e. The van der Waals surface area contributed by atoms with E-state index in [0.29, 0.717) is 6.42 Å². The molecule has 0 spiro atoms. The summed E-state index contributed by atoms with van der Waals surface area (Å²) >= 11 is 0. The molecule has 0 unspecified atom stereocenters. The molecule has 1 amide bonds. The van der Waals surface area contributed by atoms with Crippen molar-refractivity contribution < 1.29 is 18.8 Å². The van der Waals surface area contributed by atoms with E-state index in [4.69, 9.17) is 4.74 Å². The van der Waals surface area contributed by atoms with E-state index < -0.39 is 11.9 Å². The summed E-state index contributed by atoms with van der Waals surface area (Å²) in [6.45, 7) is 8.57. The van der Waals surface area contributed by atoms with Crippen molar-refractivity contribution in [3.8, 4) is 5.75 Å². The lowest BCUT2D eigenvalue weighted by molar-refractivity contribution is -0.902. The van der Waals surface area contributed by atoms with Gasteiger partial charge in [-0.1, -0.05) is 19.1 Å². The Kier molecular flexibility index (Phi) is 5.56. The first-order chi connectivity index (χ1) is 10.2. The summed E-state index contributed by atoms with van der Waals surface area (Å²) in [6.07, 6.45) is -0.0707. The number of rotatable bonds is 5. The highest BCUT2D eigenvalue weighted by Gasteiger charge is 2.29. The Morgan fingerprint density at radius 2 is 2.00 bits per heavy atom. The van der Waals surface area contributed by atoms with Crippen molar-refractivity contribution in [2.75, 3.05) is 32.7 Å². The molecule has 1 N–H and O–H groups in total. The molecule has 1 saturated heterocycles. The van der Waals surface area contributed by atoms with Gasteiger partial charge in [0, 0.05) is 0 Å². The van der Waals surface area contributed by atoms with Gasteiger partial charge in [0.15, 0.2) is 17.7 Å². The van der Waals surface area contributed by atoms with Crippen LogP contribution in [0.5, 0.6) is 5.75 Å². The van der Waals surface area contributed by atoms with Crippen molar-refractivity contribution in [3.05, 3.63) is 30.1 Å². The fraction of sp³-hybridized carbons (Fsp3) is 0.562. The lowest BCUT2D eigenvalue weighted by atomic mass is 10.2. The van der Waals surface area contributed by atoms with Crippen molar-refractivity contribution in [3.63, 3.8) is 0 Å². The van der Waals surface area contributed by atoms with Crippen LogP contribution < -0.4 is 9.64 Å². The number of likely N-dealkylation sites (N-methyl/N-ethyl adjacent to an activating group) is 1. The first-order valence-electron chi connectivity index (χ1n) is 7.69. The van der Waals surface area contributed by atoms with Gasteiger partial charge in [0.1, 0.15) is 0 Å². The first-order valence-corrected chi connectivity index (χ1v) is 7.69. The largest absolute Gasteiger partial charge is 0.478 e. The minimum absolute atomic E-state index is 0.0316. The summed E-state index contributed by atoms with van der Waals surface area (Å²) in [5.74, 6) is -0.310. The molecule has 0 radical (unpaired) electrons. The fourth-order valence-corrected chi connectivity index (χ4v) is 2.60. The number of hydrogen-bond acceptors (Lipinski definition) is 2. The van der Waals surface area contributed by atoms with Gasteiger partial charge in [-0.3, -0.25) is 4.79 Å². The maximum Gasteiger partial charge on any atom is 0.264 e. The molecule has 0 aromatic heterocycles. The van der Waals surface area contributed by atoms with E-state index in [-0.39, 0.29) is 11.7 Å². The SMILES string of the molecule is CC[C@@H](Oc1ccccc1F)C(=O)N1CC[NH+](CC)CC1. The van der Waals surface area contributed by atoms with Crippen molar-refractivity contribution in [2.24, 2.45) is 0 Å². The Morgan fingerprint density at radius 3 is 2.57 bits per heavy atom. The Balaban J connectivity index is 1.98. The second kappa shape index (κ2) is 7.41. The monoisotopic (exact) mass is 295 g/mol. The molecule has 1 atom stereocenters. The number of hydrogen-bond donors (Lipinski definition) is 1. The number of quaternary nitrogens is 1. The average Bonchev–Trinajstić information content (AvgIpc) is 2.53. The molecule has 1 aliphatic rings. The van der Waals surface area contributed by atoms with Gasteiger partial charge in [0.05, 0.1) is 32.7 Å². The number of halogens is 1. The lowest BCUT2D eigenvalue weighted by Gasteiger charge is -2.33. The van der Waals surface area contributed by atoms with Crippen molar-refractivity contribution in [2.45, 2.75) is 26.4 Å². The van der Waals surface area contributed by atoms with Crippen LogP contribution in [0.3, 0.4) is 0 Å². The number of benzene rings is 1. The van der Waals surface area contributed by atoms with Gasteiger partial charge in [-0.2, -0.15) is 0 Å². The summed E-state index contributed by atoms with van der Waals surface area (Å²) in [7, 11) is 0. The Bertz CT molecular complexity index is 473. The van der Waals surface area contributed by atoms with Crippen LogP contribution in [0.1, 0.15) is 20.3 Å². The van der Waals surface area contributed by atoms with Gasteiger partial charge in [0.25, 0.3) is 5.91 Å². The minimum atomic E-state index is -0.606. The predicted octanol–water partition coefficient (Wildman–Crippen LogP) is 0.730. The molecule has 1 aromatic rings. The van der Waals surface area contributed by atoms with E-state index in [1.165, 1.54) is 11.0 Å². The zero-order valence-electron chi connectivity index (χ0n) is 12.8. The molecule has 116 valence electrons.